The molecule has 1 aromatic carbocycles. The maximum absolute atomic E-state index is 14.1. The molecule has 3 fully saturated rings. The number of cyclic esters (lactones) is 1. The Balaban J connectivity index is 1.69. The molecule has 4 rings (SSSR count). The van der Waals surface area contributed by atoms with Crippen LogP contribution in [0.4, 0.5) is 0 Å². The van der Waals surface area contributed by atoms with Crippen LogP contribution in [0.1, 0.15) is 108 Å². The predicted molar refractivity (Wildman–Crippen MR) is 223 cm³/mol. The third-order valence-corrected chi connectivity index (χ3v) is 13.6. The number of aliphatic hydroxyl groups is 6. The lowest BCUT2D eigenvalue weighted by Gasteiger charge is -2.47. The molecule has 3 aliphatic rings. The van der Waals surface area contributed by atoms with E-state index < -0.39 is 120 Å². The lowest BCUT2D eigenvalue weighted by atomic mass is 9.74. The van der Waals surface area contributed by atoms with E-state index in [1.165, 1.54) is 32.9 Å². The van der Waals surface area contributed by atoms with E-state index in [4.69, 9.17) is 28.4 Å². The van der Waals surface area contributed by atoms with Gasteiger partial charge in [-0.3, -0.25) is 14.5 Å². The van der Waals surface area contributed by atoms with Crippen LogP contribution < -0.4 is 4.74 Å². The fraction of sp³-hybridized carbons (Fsp3) is 0.822. The summed E-state index contributed by atoms with van der Waals surface area (Å²) in [7, 11) is 1.74. The van der Waals surface area contributed by atoms with Gasteiger partial charge in [-0.15, -0.1) is 0 Å². The van der Waals surface area contributed by atoms with Gasteiger partial charge >= 0.3 is 5.97 Å². The van der Waals surface area contributed by atoms with Gasteiger partial charge in [0.25, 0.3) is 0 Å². The van der Waals surface area contributed by atoms with Crippen molar-refractivity contribution in [1.29, 1.82) is 0 Å². The fourth-order valence-corrected chi connectivity index (χ4v) is 9.30. The van der Waals surface area contributed by atoms with Gasteiger partial charge in [0, 0.05) is 48.7 Å². The van der Waals surface area contributed by atoms with E-state index in [0.29, 0.717) is 18.6 Å². The number of ketones is 1. The first kappa shape index (κ1) is 51.2. The van der Waals surface area contributed by atoms with E-state index in [1.807, 2.05) is 20.8 Å². The Morgan fingerprint density at radius 3 is 2.21 bits per heavy atom. The maximum atomic E-state index is 14.1. The number of hydrogen-bond acceptors (Lipinski definition) is 16. The second-order valence-electron chi connectivity index (χ2n) is 18.9. The lowest BCUT2D eigenvalue weighted by molar-refractivity contribution is -0.302. The highest BCUT2D eigenvalue weighted by Gasteiger charge is 2.51. The summed E-state index contributed by atoms with van der Waals surface area (Å²) in [4.78, 5) is 29.8. The van der Waals surface area contributed by atoms with Crippen molar-refractivity contribution in [1.82, 2.24) is 4.90 Å². The Kier molecular flexibility index (Phi) is 17.6. The molecule has 0 aliphatic carbocycles. The van der Waals surface area contributed by atoms with E-state index in [2.05, 4.69) is 0 Å². The molecule has 61 heavy (non-hydrogen) atoms. The van der Waals surface area contributed by atoms with Gasteiger partial charge in [-0.1, -0.05) is 40.7 Å². The molecule has 18 atom stereocenters. The molecule has 0 saturated carbocycles. The van der Waals surface area contributed by atoms with Gasteiger partial charge in [0.1, 0.15) is 47.8 Å². The number of phenolic OH excluding ortho intramolecular Hbond substituents is 1. The molecule has 350 valence electrons. The zero-order valence-electron chi connectivity index (χ0n) is 38.0. The average molecular weight is 870 g/mol. The number of carbonyl (C=O) groups excluding carboxylic acids is 2. The van der Waals surface area contributed by atoms with Crippen LogP contribution in [0.25, 0.3) is 0 Å². The molecule has 3 heterocycles. The number of aromatic hydroxyl groups is 1. The molecule has 3 unspecified atom stereocenters. The van der Waals surface area contributed by atoms with Gasteiger partial charge in [-0.25, -0.2) is 0 Å². The van der Waals surface area contributed by atoms with Crippen LogP contribution in [0.5, 0.6) is 11.5 Å². The van der Waals surface area contributed by atoms with E-state index in [1.54, 1.807) is 51.8 Å². The smallest absolute Gasteiger partial charge is 0.311 e. The molecule has 0 aromatic heterocycles. The summed E-state index contributed by atoms with van der Waals surface area (Å²) in [6.07, 6.45) is -10.5. The minimum atomic E-state index is -2.02. The maximum Gasteiger partial charge on any atom is 0.311 e. The van der Waals surface area contributed by atoms with Crippen LogP contribution in [0.2, 0.25) is 0 Å². The highest BCUT2D eigenvalue weighted by Crippen LogP contribution is 2.42. The normalized spacial score (nSPS) is 42.7. The summed E-state index contributed by atoms with van der Waals surface area (Å²) in [6, 6.07) is 5.63. The molecule has 0 spiro atoms. The Morgan fingerprint density at radius 2 is 1.59 bits per heavy atom. The molecule has 16 nitrogen and oxygen atoms in total. The number of Topliss-reactive ketones (excluding diaryl/α,β-unsaturated/α-hetero) is 1. The van der Waals surface area contributed by atoms with Crippen LogP contribution in [-0.4, -0.2) is 157 Å². The van der Waals surface area contributed by atoms with Gasteiger partial charge in [0.15, 0.2) is 12.6 Å². The Bertz CT molecular complexity index is 1580. The first-order valence-electron chi connectivity index (χ1n) is 22.0. The number of benzene rings is 1. The molecule has 1 aromatic rings. The Labute approximate surface area is 361 Å². The third kappa shape index (κ3) is 12.4. The molecular formula is C45H75NO15. The molecule has 0 amide bonds. The van der Waals surface area contributed by atoms with Crippen molar-refractivity contribution in [3.05, 3.63) is 24.3 Å². The summed E-state index contributed by atoms with van der Waals surface area (Å²) in [5, 5.41) is 79.1. The Hall–Kier alpha value is -2.48. The second-order valence-corrected chi connectivity index (χ2v) is 18.9. The zero-order valence-corrected chi connectivity index (χ0v) is 38.0. The first-order valence-corrected chi connectivity index (χ1v) is 22.0. The Morgan fingerprint density at radius 1 is 0.918 bits per heavy atom. The van der Waals surface area contributed by atoms with E-state index in [0.717, 1.165) is 0 Å². The van der Waals surface area contributed by atoms with E-state index in [-0.39, 0.29) is 44.6 Å². The molecule has 3 aliphatic heterocycles. The first-order chi connectivity index (χ1) is 28.3. The van der Waals surface area contributed by atoms with E-state index >= 15 is 0 Å². The number of carbonyl (C=O) groups is 2. The molecule has 7 N–H and O–H groups in total. The molecule has 16 heteroatoms. The standard InChI is InChI=1S/C45H75NO15/c1-12-34-45(10,55)39(51)27(6)37(49)24(3)20-44(9,54)35(19-33(26(5)41(53)60-34)59-36-21-43(8,13-2)40(52)28(7)58-36)61-42-38(50)32(17-25(4)57-42)46(11)22-30(48)23-56-31-16-14-15-29(47)18-31/h14-16,18,24-28,30,32-36,38-40,42,47-48,50-52,54-55H,12-13,17,19-23H2,1-11H3/t24-,25-,26-,27+,28+,30?,32+,33+,34-,35-,36?,38-,39-,40+,42?,43-,44-,45-/m1/s1. The molecular weight excluding hydrogens is 794 g/mol. The SMILES string of the molecule is CC[C@H]1OC(=O)[C@H](C)[C@@H](OC2C[C@@](C)(CC)[C@@H](O)[C@H](C)O2)C[C@@H](OC2O[C@H](C)C[C@H](N(C)CC(O)COc3cccc(O)c3)[C@H]2O)[C@](C)(O)C[C@@H](C)C(=O)[C@H](C)[C@@H](O)[C@]1(C)O. The summed E-state index contributed by atoms with van der Waals surface area (Å²) in [5.74, 6) is -3.85. The quantitative estimate of drug-likeness (QED) is 0.150. The number of hydrogen-bond donors (Lipinski definition) is 7. The zero-order chi connectivity index (χ0) is 45.8. The average Bonchev–Trinajstić information content (AvgIpc) is 3.19. The predicted octanol–water partition coefficient (Wildman–Crippen LogP) is 3.07. The van der Waals surface area contributed by atoms with Crippen LogP contribution in [-0.2, 0) is 33.3 Å². The van der Waals surface area contributed by atoms with E-state index in [9.17, 15) is 45.3 Å². The van der Waals surface area contributed by atoms with Crippen molar-refractivity contribution in [3.63, 3.8) is 0 Å². The summed E-state index contributed by atoms with van der Waals surface area (Å²) in [5.41, 5.74) is -4.45. The van der Waals surface area contributed by atoms with Gasteiger partial charge < -0.3 is 64.2 Å². The second kappa shape index (κ2) is 21.0. The van der Waals surface area contributed by atoms with Crippen LogP contribution >= 0.6 is 0 Å². The number of aliphatic hydroxyl groups excluding tert-OH is 4. The van der Waals surface area contributed by atoms with Crippen molar-refractivity contribution in [2.24, 2.45) is 23.2 Å². The van der Waals surface area contributed by atoms with Gasteiger partial charge in [0.05, 0.1) is 48.1 Å². The number of nitrogens with zero attached hydrogens (tertiary/aromatic N) is 1. The number of ether oxygens (including phenoxy) is 6. The van der Waals surface area contributed by atoms with Crippen molar-refractivity contribution < 1.29 is 73.8 Å². The van der Waals surface area contributed by atoms with Crippen LogP contribution in [0.15, 0.2) is 24.3 Å². The van der Waals surface area contributed by atoms with Crippen molar-refractivity contribution in [2.75, 3.05) is 20.2 Å². The molecule has 3 saturated heterocycles. The van der Waals surface area contributed by atoms with Crippen molar-refractivity contribution in [3.8, 4) is 11.5 Å². The van der Waals surface area contributed by atoms with Crippen molar-refractivity contribution >= 4 is 11.8 Å². The number of likely N-dealkylation sites (N-methyl/N-ethyl adjacent to an activating group) is 1. The largest absolute Gasteiger partial charge is 0.508 e. The summed E-state index contributed by atoms with van der Waals surface area (Å²) < 4.78 is 37.2. The monoisotopic (exact) mass is 870 g/mol. The van der Waals surface area contributed by atoms with Gasteiger partial charge in [-0.2, -0.15) is 0 Å². The minimum absolute atomic E-state index is 0.0261. The third-order valence-electron chi connectivity index (χ3n) is 13.6. The highest BCUT2D eigenvalue weighted by atomic mass is 16.7. The lowest BCUT2D eigenvalue weighted by Crippen LogP contribution is -2.59. The van der Waals surface area contributed by atoms with Crippen LogP contribution in [0.3, 0.4) is 0 Å². The minimum Gasteiger partial charge on any atom is -0.508 e. The number of rotatable bonds is 12. The fourth-order valence-electron chi connectivity index (χ4n) is 9.30. The number of esters is 1. The van der Waals surface area contributed by atoms with Crippen molar-refractivity contribution in [2.45, 2.75) is 193 Å². The number of phenols is 1. The topological polar surface area (TPSA) is 234 Å². The molecule has 0 bridgehead atoms. The van der Waals surface area contributed by atoms with Gasteiger partial charge in [0.2, 0.25) is 0 Å². The van der Waals surface area contributed by atoms with Gasteiger partial charge in [-0.05, 0) is 79.5 Å². The summed E-state index contributed by atoms with van der Waals surface area (Å²) in [6.45, 7) is 16.7. The molecule has 0 radical (unpaired) electrons. The van der Waals surface area contributed by atoms with Crippen LogP contribution in [0, 0.1) is 23.2 Å². The highest BCUT2D eigenvalue weighted by molar-refractivity contribution is 5.83. The summed E-state index contributed by atoms with van der Waals surface area (Å²) >= 11 is 0.